The Morgan fingerprint density at radius 2 is 1.76 bits per heavy atom. The van der Waals surface area contributed by atoms with Crippen LogP contribution in [0.15, 0.2) is 66.4 Å². The standard InChI is InChI=1S/C20H19NO4/c1-14(22)25-18-12-19(15-6-4-3-5-7-15)21(20(23)13-18)16-8-10-17(24-2)11-9-16/h3-11,13,19H,12H2,1-2H3. The van der Waals surface area contributed by atoms with Crippen LogP contribution in [0.25, 0.3) is 0 Å². The molecule has 1 aliphatic heterocycles. The molecule has 0 spiro atoms. The Bertz CT molecular complexity index is 796. The minimum absolute atomic E-state index is 0.221. The number of ether oxygens (including phenoxy) is 2. The molecule has 128 valence electrons. The van der Waals surface area contributed by atoms with Crippen LogP contribution in [-0.4, -0.2) is 19.0 Å². The van der Waals surface area contributed by atoms with Gasteiger partial charge < -0.3 is 14.4 Å². The molecule has 25 heavy (non-hydrogen) atoms. The van der Waals surface area contributed by atoms with Gasteiger partial charge in [-0.25, -0.2) is 0 Å². The van der Waals surface area contributed by atoms with Crippen LogP contribution in [0, 0.1) is 0 Å². The fraction of sp³-hybridized carbons (Fsp3) is 0.200. The van der Waals surface area contributed by atoms with Gasteiger partial charge in [0.2, 0.25) is 0 Å². The molecular formula is C20H19NO4. The molecular weight excluding hydrogens is 318 g/mol. The number of carbonyl (C=O) groups is 2. The van der Waals surface area contributed by atoms with Crippen LogP contribution in [0.4, 0.5) is 5.69 Å². The van der Waals surface area contributed by atoms with Gasteiger partial charge in [0, 0.05) is 25.1 Å². The molecule has 1 amide bonds. The second kappa shape index (κ2) is 7.21. The number of hydrogen-bond donors (Lipinski definition) is 0. The van der Waals surface area contributed by atoms with Crippen LogP contribution in [0.5, 0.6) is 5.75 Å². The molecule has 0 radical (unpaired) electrons. The van der Waals surface area contributed by atoms with Crippen LogP contribution in [0.2, 0.25) is 0 Å². The third-order valence-electron chi connectivity index (χ3n) is 4.04. The van der Waals surface area contributed by atoms with E-state index in [2.05, 4.69) is 0 Å². The Hall–Kier alpha value is -3.08. The first-order valence-electron chi connectivity index (χ1n) is 7.99. The van der Waals surface area contributed by atoms with E-state index in [1.54, 1.807) is 12.0 Å². The van der Waals surface area contributed by atoms with Crippen molar-refractivity contribution < 1.29 is 19.1 Å². The van der Waals surface area contributed by atoms with Crippen molar-refractivity contribution in [2.45, 2.75) is 19.4 Å². The van der Waals surface area contributed by atoms with Crippen LogP contribution < -0.4 is 9.64 Å². The first-order chi connectivity index (χ1) is 12.1. The summed E-state index contributed by atoms with van der Waals surface area (Å²) < 4.78 is 10.4. The predicted molar refractivity (Wildman–Crippen MR) is 94.1 cm³/mol. The van der Waals surface area contributed by atoms with Crippen LogP contribution >= 0.6 is 0 Å². The summed E-state index contributed by atoms with van der Waals surface area (Å²) in [4.78, 5) is 25.7. The second-order valence-corrected chi connectivity index (χ2v) is 5.74. The highest BCUT2D eigenvalue weighted by molar-refractivity contribution is 6.03. The topological polar surface area (TPSA) is 55.8 Å². The van der Waals surface area contributed by atoms with Crippen LogP contribution in [0.1, 0.15) is 24.9 Å². The van der Waals surface area contributed by atoms with Gasteiger partial charge in [0.25, 0.3) is 5.91 Å². The monoisotopic (exact) mass is 337 g/mol. The summed E-state index contributed by atoms with van der Waals surface area (Å²) in [5.41, 5.74) is 1.74. The molecule has 0 saturated heterocycles. The summed E-state index contributed by atoms with van der Waals surface area (Å²) in [5, 5.41) is 0. The predicted octanol–water partition coefficient (Wildman–Crippen LogP) is 3.62. The Balaban J connectivity index is 2.01. The number of anilines is 1. The lowest BCUT2D eigenvalue weighted by molar-refractivity contribution is -0.137. The summed E-state index contributed by atoms with van der Waals surface area (Å²) in [6, 6.07) is 16.8. The summed E-state index contributed by atoms with van der Waals surface area (Å²) in [5.74, 6) is 0.460. The lowest BCUT2D eigenvalue weighted by Gasteiger charge is -2.35. The van der Waals surface area contributed by atoms with Crippen LogP contribution in [0.3, 0.4) is 0 Å². The Kier molecular flexibility index (Phi) is 4.84. The van der Waals surface area contributed by atoms with Gasteiger partial charge in [-0.2, -0.15) is 0 Å². The molecule has 1 aliphatic rings. The summed E-state index contributed by atoms with van der Waals surface area (Å²) in [6.45, 7) is 1.33. The number of benzene rings is 2. The average molecular weight is 337 g/mol. The Labute approximate surface area is 146 Å². The third kappa shape index (κ3) is 3.71. The minimum Gasteiger partial charge on any atom is -0.497 e. The van der Waals surface area contributed by atoms with Crippen molar-refractivity contribution in [3.8, 4) is 5.75 Å². The van der Waals surface area contributed by atoms with Crippen molar-refractivity contribution in [3.05, 3.63) is 72.0 Å². The zero-order valence-electron chi connectivity index (χ0n) is 14.1. The quantitative estimate of drug-likeness (QED) is 0.800. The molecule has 0 bridgehead atoms. The lowest BCUT2D eigenvalue weighted by Crippen LogP contribution is -2.37. The molecule has 0 N–H and O–H groups in total. The zero-order valence-corrected chi connectivity index (χ0v) is 14.1. The fourth-order valence-electron chi connectivity index (χ4n) is 2.95. The first kappa shape index (κ1) is 16.8. The van der Waals surface area contributed by atoms with Gasteiger partial charge in [0.1, 0.15) is 11.5 Å². The van der Waals surface area contributed by atoms with Crippen molar-refractivity contribution in [2.75, 3.05) is 12.0 Å². The molecule has 0 saturated carbocycles. The van der Waals surface area contributed by atoms with E-state index in [0.717, 1.165) is 17.0 Å². The van der Waals surface area contributed by atoms with E-state index in [4.69, 9.17) is 9.47 Å². The van der Waals surface area contributed by atoms with Gasteiger partial charge in [-0.1, -0.05) is 30.3 Å². The van der Waals surface area contributed by atoms with Crippen molar-refractivity contribution in [3.63, 3.8) is 0 Å². The normalized spacial score (nSPS) is 17.0. The molecule has 3 rings (SSSR count). The van der Waals surface area contributed by atoms with Crippen molar-refractivity contribution in [1.82, 2.24) is 0 Å². The number of amides is 1. The zero-order chi connectivity index (χ0) is 17.8. The lowest BCUT2D eigenvalue weighted by atomic mass is 9.96. The summed E-state index contributed by atoms with van der Waals surface area (Å²) in [7, 11) is 1.60. The SMILES string of the molecule is COc1ccc(N2C(=O)C=C(OC(C)=O)CC2c2ccccc2)cc1. The largest absolute Gasteiger partial charge is 0.497 e. The number of rotatable bonds is 4. The molecule has 0 aliphatic carbocycles. The van der Waals surface area contributed by atoms with E-state index >= 15 is 0 Å². The molecule has 2 aromatic rings. The molecule has 1 atom stereocenters. The van der Waals surface area contributed by atoms with E-state index in [9.17, 15) is 9.59 Å². The van der Waals surface area contributed by atoms with E-state index < -0.39 is 5.97 Å². The van der Waals surface area contributed by atoms with Crippen molar-refractivity contribution >= 4 is 17.6 Å². The minimum atomic E-state index is -0.427. The molecule has 1 unspecified atom stereocenters. The van der Waals surface area contributed by atoms with Gasteiger partial charge in [0.05, 0.1) is 13.2 Å². The average Bonchev–Trinajstić information content (AvgIpc) is 2.61. The van der Waals surface area contributed by atoms with Crippen molar-refractivity contribution in [2.24, 2.45) is 0 Å². The molecule has 5 nitrogen and oxygen atoms in total. The fourth-order valence-corrected chi connectivity index (χ4v) is 2.95. The number of esters is 1. The molecule has 2 aromatic carbocycles. The Morgan fingerprint density at radius 3 is 2.36 bits per heavy atom. The molecule has 0 fully saturated rings. The highest BCUT2D eigenvalue weighted by Gasteiger charge is 2.32. The summed E-state index contributed by atoms with van der Waals surface area (Å²) in [6.07, 6.45) is 1.81. The number of carbonyl (C=O) groups excluding carboxylic acids is 2. The van der Waals surface area contributed by atoms with Gasteiger partial charge in [-0.3, -0.25) is 9.59 Å². The van der Waals surface area contributed by atoms with E-state index in [1.807, 2.05) is 54.6 Å². The maximum atomic E-state index is 12.8. The summed E-state index contributed by atoms with van der Waals surface area (Å²) >= 11 is 0. The third-order valence-corrected chi connectivity index (χ3v) is 4.04. The Morgan fingerprint density at radius 1 is 1.08 bits per heavy atom. The number of nitrogens with zero attached hydrogens (tertiary/aromatic N) is 1. The van der Waals surface area contributed by atoms with E-state index in [-0.39, 0.29) is 11.9 Å². The maximum absolute atomic E-state index is 12.8. The number of hydrogen-bond acceptors (Lipinski definition) is 4. The first-order valence-corrected chi connectivity index (χ1v) is 7.99. The molecule has 1 heterocycles. The van der Waals surface area contributed by atoms with E-state index in [1.165, 1.54) is 13.0 Å². The van der Waals surface area contributed by atoms with E-state index in [0.29, 0.717) is 12.2 Å². The highest BCUT2D eigenvalue weighted by Crippen LogP contribution is 2.36. The van der Waals surface area contributed by atoms with Gasteiger partial charge in [-0.05, 0) is 29.8 Å². The second-order valence-electron chi connectivity index (χ2n) is 5.74. The van der Waals surface area contributed by atoms with Crippen molar-refractivity contribution in [1.29, 1.82) is 0 Å². The smallest absolute Gasteiger partial charge is 0.307 e. The molecule has 5 heteroatoms. The highest BCUT2D eigenvalue weighted by atomic mass is 16.5. The van der Waals surface area contributed by atoms with Gasteiger partial charge >= 0.3 is 5.97 Å². The molecule has 0 aromatic heterocycles. The van der Waals surface area contributed by atoms with Crippen LogP contribution in [-0.2, 0) is 14.3 Å². The maximum Gasteiger partial charge on any atom is 0.307 e. The van der Waals surface area contributed by atoms with Gasteiger partial charge in [-0.15, -0.1) is 0 Å². The number of methoxy groups -OCH3 is 1. The van der Waals surface area contributed by atoms with Gasteiger partial charge in [0.15, 0.2) is 0 Å².